The van der Waals surface area contributed by atoms with Gasteiger partial charge in [-0.15, -0.1) is 0 Å². The van der Waals surface area contributed by atoms with Gasteiger partial charge in [0.15, 0.2) is 0 Å². The summed E-state index contributed by atoms with van der Waals surface area (Å²) < 4.78 is 1.96. The van der Waals surface area contributed by atoms with E-state index in [1.807, 2.05) is 54.4 Å². The van der Waals surface area contributed by atoms with E-state index in [4.69, 9.17) is 9.94 Å². The average molecular weight is 591 g/mol. The van der Waals surface area contributed by atoms with Crippen LogP contribution in [0.3, 0.4) is 0 Å². The first-order valence-corrected chi connectivity index (χ1v) is 14.4. The van der Waals surface area contributed by atoms with Crippen LogP contribution >= 0.6 is 0 Å². The molecule has 0 bridgehead atoms. The van der Waals surface area contributed by atoms with Gasteiger partial charge in [-0.1, -0.05) is 0 Å². The van der Waals surface area contributed by atoms with Crippen LogP contribution in [0.4, 0.5) is 5.69 Å². The zero-order valence-corrected chi connectivity index (χ0v) is 23.8. The number of carbonyl (C=O) groups is 3. The number of amides is 2. The van der Waals surface area contributed by atoms with Crippen LogP contribution in [0.15, 0.2) is 72.8 Å². The molecule has 4 rings (SSSR count). The number of fused-ring (bicyclic) bond motifs is 1. The Balaban J connectivity index is 1.58. The molecule has 0 spiro atoms. The molecule has 3 aromatic carbocycles. The van der Waals surface area contributed by atoms with Gasteiger partial charge in [-0.05, 0) is 0 Å². The van der Waals surface area contributed by atoms with E-state index in [0.29, 0.717) is 42.1 Å². The molecule has 1 atom stereocenters. The Morgan fingerprint density at radius 2 is 1.67 bits per heavy atom. The van der Waals surface area contributed by atoms with Crippen molar-refractivity contribution in [2.24, 2.45) is 0 Å². The number of benzene rings is 3. The van der Waals surface area contributed by atoms with E-state index in [0.717, 1.165) is 14.3 Å². The molecule has 1 aliphatic rings. The van der Waals surface area contributed by atoms with Crippen molar-refractivity contribution in [3.63, 3.8) is 0 Å². The van der Waals surface area contributed by atoms with E-state index in [1.54, 1.807) is 25.2 Å². The van der Waals surface area contributed by atoms with Gasteiger partial charge in [-0.3, -0.25) is 0 Å². The number of aromatic carboxylic acids is 1. The van der Waals surface area contributed by atoms with Crippen molar-refractivity contribution in [2.75, 3.05) is 45.3 Å². The number of aliphatic hydroxyl groups is 1. The number of anilines is 1. The number of nitrogens with one attached hydrogen (secondary N) is 1. The van der Waals surface area contributed by atoms with Gasteiger partial charge in [0.1, 0.15) is 0 Å². The van der Waals surface area contributed by atoms with Crippen molar-refractivity contribution in [3.05, 3.63) is 95.1 Å². The first-order chi connectivity index (χ1) is 18.8. The van der Waals surface area contributed by atoms with Crippen LogP contribution in [0.1, 0.15) is 31.8 Å². The topological polar surface area (TPSA) is 119 Å². The molecule has 0 saturated carbocycles. The number of rotatable bonds is 11. The van der Waals surface area contributed by atoms with Gasteiger partial charge >= 0.3 is 229 Å². The molecule has 1 heterocycles. The normalized spacial score (nSPS) is 14.3. The van der Waals surface area contributed by atoms with Gasteiger partial charge in [0.25, 0.3) is 0 Å². The summed E-state index contributed by atoms with van der Waals surface area (Å²) in [7, 11) is 3.51. The summed E-state index contributed by atoms with van der Waals surface area (Å²) in [4.78, 5) is 46.1. The van der Waals surface area contributed by atoms with Gasteiger partial charge in [0.2, 0.25) is 0 Å². The monoisotopic (exact) mass is 591 g/mol. The maximum atomic E-state index is 13.5. The number of nitrogens with zero attached hydrogens (tertiary/aromatic N) is 2. The zero-order chi connectivity index (χ0) is 27.9. The van der Waals surface area contributed by atoms with Crippen LogP contribution in [0.5, 0.6) is 0 Å². The number of likely N-dealkylation sites (N-methyl/N-ethyl adjacent to an activating group) is 2. The molecule has 0 fully saturated rings. The minimum absolute atomic E-state index is 0.0594. The SMILES string of the molecule is CN(CCO)CCONC(=O)c1ccc([AsH]C(=C2C(=O)N(C)c3cc(C(=O)O)ccc32)c2ccccc2)cc1. The minimum atomic E-state index is -1.05. The third-order valence-corrected chi connectivity index (χ3v) is 9.30. The van der Waals surface area contributed by atoms with Crippen molar-refractivity contribution < 1.29 is 29.4 Å². The van der Waals surface area contributed by atoms with Crippen molar-refractivity contribution in [1.29, 1.82) is 0 Å². The number of carboxylic acid groups (broad SMARTS) is 1. The van der Waals surface area contributed by atoms with Crippen LogP contribution in [0.25, 0.3) is 9.93 Å². The molecule has 0 saturated heterocycles. The molecule has 3 aromatic rings. The molecule has 0 aliphatic carbocycles. The molecule has 9 nitrogen and oxygen atoms in total. The van der Waals surface area contributed by atoms with E-state index in [2.05, 4.69) is 5.48 Å². The number of carbonyl (C=O) groups excluding carboxylic acids is 2. The van der Waals surface area contributed by atoms with E-state index < -0.39 is 21.7 Å². The Morgan fingerprint density at radius 1 is 0.974 bits per heavy atom. The average Bonchev–Trinajstić information content (AvgIpc) is 3.19. The molecular weight excluding hydrogens is 561 g/mol. The molecule has 202 valence electrons. The first kappa shape index (κ1) is 28.3. The summed E-state index contributed by atoms with van der Waals surface area (Å²) in [6.45, 7) is 1.44. The molecule has 10 heteroatoms. The number of hydroxylamine groups is 1. The fraction of sp³-hybridized carbons (Fsp3) is 0.207. The molecule has 0 radical (unpaired) electrons. The van der Waals surface area contributed by atoms with Crippen LogP contribution in [0, 0.1) is 0 Å². The van der Waals surface area contributed by atoms with E-state index >= 15 is 0 Å². The first-order valence-electron chi connectivity index (χ1n) is 12.3. The quantitative estimate of drug-likeness (QED) is 0.134. The Kier molecular flexibility index (Phi) is 9.32. The molecule has 0 aromatic heterocycles. The van der Waals surface area contributed by atoms with Crippen LogP contribution in [0.2, 0.25) is 0 Å². The van der Waals surface area contributed by atoms with Crippen molar-refractivity contribution in [1.82, 2.24) is 10.4 Å². The van der Waals surface area contributed by atoms with Crippen LogP contribution in [-0.2, 0) is 9.63 Å². The van der Waals surface area contributed by atoms with E-state index in [1.165, 1.54) is 17.0 Å². The van der Waals surface area contributed by atoms with Crippen LogP contribution in [-0.4, -0.2) is 89.0 Å². The Hall–Kier alpha value is -3.75. The molecule has 1 unspecified atom stereocenters. The predicted molar refractivity (Wildman–Crippen MR) is 151 cm³/mol. The zero-order valence-electron chi connectivity index (χ0n) is 21.7. The third-order valence-electron chi connectivity index (χ3n) is 6.34. The third kappa shape index (κ3) is 6.64. The summed E-state index contributed by atoms with van der Waals surface area (Å²) >= 11 is -1.03. The van der Waals surface area contributed by atoms with Crippen molar-refractivity contribution in [3.8, 4) is 0 Å². The second-order valence-electron chi connectivity index (χ2n) is 9.03. The predicted octanol–water partition coefficient (Wildman–Crippen LogP) is 1.58. The van der Waals surface area contributed by atoms with Crippen molar-refractivity contribution in [2.45, 2.75) is 0 Å². The number of hydrogen-bond acceptors (Lipinski definition) is 6. The van der Waals surface area contributed by atoms with Crippen molar-refractivity contribution >= 4 is 53.5 Å². The van der Waals surface area contributed by atoms with Gasteiger partial charge in [-0.2, -0.15) is 0 Å². The summed E-state index contributed by atoms with van der Waals surface area (Å²) in [5.41, 5.74) is 5.82. The maximum absolute atomic E-state index is 13.5. The van der Waals surface area contributed by atoms with E-state index in [9.17, 15) is 19.5 Å². The standard InChI is InChI=1S/C29H30AsN3O6/c1-32(14-16-34)15-17-39-31-27(35)20-8-11-22(12-9-20)30-26(19-6-4-3-5-7-19)25-23-13-10-21(29(37)38)18-24(23)33(2)28(25)36/h3-13,18,30,34H,14-17H2,1-2H3,(H,31,35)(H,37,38). The molecule has 2 amide bonds. The fourth-order valence-corrected chi connectivity index (χ4v) is 6.91. The summed E-state index contributed by atoms with van der Waals surface area (Å²) in [6, 6.07) is 21.7. The van der Waals surface area contributed by atoms with Gasteiger partial charge in [0.05, 0.1) is 0 Å². The Labute approximate surface area is 233 Å². The molecule has 39 heavy (non-hydrogen) atoms. The summed E-state index contributed by atoms with van der Waals surface area (Å²) in [5, 5.41) is 18.4. The molecule has 3 N–H and O–H groups in total. The second-order valence-corrected chi connectivity index (χ2v) is 11.8. The Bertz CT molecular complexity index is 1390. The number of hydrogen-bond donors (Lipinski definition) is 3. The van der Waals surface area contributed by atoms with Gasteiger partial charge < -0.3 is 5.11 Å². The number of aliphatic hydroxyl groups excluding tert-OH is 1. The summed E-state index contributed by atoms with van der Waals surface area (Å²) in [5.74, 6) is -1.58. The fourth-order valence-electron chi connectivity index (χ4n) is 4.18. The van der Waals surface area contributed by atoms with E-state index in [-0.39, 0.29) is 24.0 Å². The Morgan fingerprint density at radius 3 is 2.33 bits per heavy atom. The second kappa shape index (κ2) is 12.9. The molecule has 1 aliphatic heterocycles. The summed E-state index contributed by atoms with van der Waals surface area (Å²) in [6.07, 6.45) is 0. The van der Waals surface area contributed by atoms with Crippen LogP contribution < -0.4 is 14.7 Å². The molecular formula is C29H30AsN3O6. The van der Waals surface area contributed by atoms with Gasteiger partial charge in [0, 0.05) is 0 Å². The van der Waals surface area contributed by atoms with Gasteiger partial charge in [-0.25, -0.2) is 0 Å². The number of carboxylic acids is 1.